The van der Waals surface area contributed by atoms with Crippen molar-refractivity contribution in [2.45, 2.75) is 42.5 Å². The van der Waals surface area contributed by atoms with Crippen molar-refractivity contribution in [3.63, 3.8) is 0 Å². The molecule has 192 valence electrons. The van der Waals surface area contributed by atoms with Gasteiger partial charge in [0.25, 0.3) is 0 Å². The Balaban J connectivity index is 1.63. The van der Waals surface area contributed by atoms with Crippen LogP contribution in [-0.2, 0) is 23.7 Å². The van der Waals surface area contributed by atoms with Crippen LogP contribution in [0.15, 0.2) is 95.9 Å². The van der Waals surface area contributed by atoms with Gasteiger partial charge in [0.05, 0.1) is 11.1 Å². The highest BCUT2D eigenvalue weighted by atomic mass is 32.2. The van der Waals surface area contributed by atoms with Crippen LogP contribution in [0.25, 0.3) is 0 Å². The van der Waals surface area contributed by atoms with E-state index in [1.165, 1.54) is 18.7 Å². The maximum Gasteiger partial charge on any atom is 0.338 e. The van der Waals surface area contributed by atoms with Gasteiger partial charge in [0.15, 0.2) is 24.6 Å². The number of thioether (sulfide) groups is 1. The van der Waals surface area contributed by atoms with Crippen molar-refractivity contribution in [3.05, 3.63) is 102 Å². The van der Waals surface area contributed by atoms with E-state index in [1.807, 2.05) is 30.3 Å². The Labute approximate surface area is 218 Å². The van der Waals surface area contributed by atoms with Crippen molar-refractivity contribution in [3.8, 4) is 0 Å². The van der Waals surface area contributed by atoms with Gasteiger partial charge in [0.2, 0.25) is 0 Å². The van der Waals surface area contributed by atoms with E-state index in [1.54, 1.807) is 60.7 Å². The van der Waals surface area contributed by atoms with Crippen LogP contribution in [0.1, 0.15) is 27.6 Å². The maximum absolute atomic E-state index is 13.0. The normalized spacial score (nSPS) is 23.0. The number of aliphatic hydroxyl groups excluding tert-OH is 1. The van der Waals surface area contributed by atoms with E-state index in [9.17, 15) is 19.5 Å². The zero-order valence-electron chi connectivity index (χ0n) is 20.0. The van der Waals surface area contributed by atoms with E-state index in [2.05, 4.69) is 0 Å². The molecule has 3 aromatic rings. The molecule has 1 saturated heterocycles. The molecule has 1 heterocycles. The molecule has 0 amide bonds. The molecule has 5 atom stereocenters. The lowest BCUT2D eigenvalue weighted by molar-refractivity contribution is -0.278. The van der Waals surface area contributed by atoms with E-state index in [0.29, 0.717) is 0 Å². The van der Waals surface area contributed by atoms with Crippen LogP contribution < -0.4 is 0 Å². The molecule has 0 aromatic heterocycles. The summed E-state index contributed by atoms with van der Waals surface area (Å²) in [5.41, 5.74) is 0.474. The molecule has 1 fully saturated rings. The van der Waals surface area contributed by atoms with Crippen molar-refractivity contribution < 1.29 is 38.4 Å². The first-order valence-electron chi connectivity index (χ1n) is 11.6. The van der Waals surface area contributed by atoms with Crippen LogP contribution in [0.2, 0.25) is 0 Å². The number of rotatable bonds is 8. The fourth-order valence-corrected chi connectivity index (χ4v) is 4.82. The predicted octanol–water partition coefficient (Wildman–Crippen LogP) is 3.88. The van der Waals surface area contributed by atoms with Gasteiger partial charge >= 0.3 is 17.9 Å². The summed E-state index contributed by atoms with van der Waals surface area (Å²) in [5, 5.41) is 10.9. The molecule has 8 nitrogen and oxygen atoms in total. The summed E-state index contributed by atoms with van der Waals surface area (Å²) in [4.78, 5) is 38.8. The molecule has 9 heteroatoms. The molecule has 1 aliphatic rings. The lowest BCUT2D eigenvalue weighted by atomic mass is 9.98. The summed E-state index contributed by atoms with van der Waals surface area (Å²) in [6.07, 6.45) is -6.46. The quantitative estimate of drug-likeness (QED) is 0.268. The number of ether oxygens (including phenoxy) is 4. The van der Waals surface area contributed by atoms with Gasteiger partial charge in [-0.25, -0.2) is 9.59 Å². The van der Waals surface area contributed by atoms with Gasteiger partial charge in [-0.05, 0) is 36.4 Å². The van der Waals surface area contributed by atoms with Gasteiger partial charge in [0, 0.05) is 17.6 Å². The predicted molar refractivity (Wildman–Crippen MR) is 135 cm³/mol. The third-order valence-corrected chi connectivity index (χ3v) is 6.67. The largest absolute Gasteiger partial charge is 0.456 e. The Morgan fingerprint density at radius 2 is 1.22 bits per heavy atom. The Bertz CT molecular complexity index is 1190. The fraction of sp³-hybridized carbons (Fsp3) is 0.250. The maximum atomic E-state index is 13.0. The van der Waals surface area contributed by atoms with Gasteiger partial charge in [-0.1, -0.05) is 54.6 Å². The molecule has 0 aliphatic carbocycles. The van der Waals surface area contributed by atoms with E-state index in [0.717, 1.165) is 4.90 Å². The molecule has 0 unspecified atom stereocenters. The van der Waals surface area contributed by atoms with Crippen molar-refractivity contribution in [2.24, 2.45) is 0 Å². The summed E-state index contributed by atoms with van der Waals surface area (Å²) < 4.78 is 22.7. The van der Waals surface area contributed by atoms with Crippen molar-refractivity contribution in [1.82, 2.24) is 0 Å². The average Bonchev–Trinajstić information content (AvgIpc) is 2.92. The van der Waals surface area contributed by atoms with Crippen molar-refractivity contribution in [1.29, 1.82) is 0 Å². The van der Waals surface area contributed by atoms with E-state index < -0.39 is 48.6 Å². The number of carbonyl (C=O) groups excluding carboxylic acids is 3. The summed E-state index contributed by atoms with van der Waals surface area (Å²) in [5.74, 6) is -1.87. The van der Waals surface area contributed by atoms with E-state index in [-0.39, 0.29) is 16.9 Å². The summed E-state index contributed by atoms with van der Waals surface area (Å²) in [7, 11) is 0. The second-order valence-electron chi connectivity index (χ2n) is 8.24. The first kappa shape index (κ1) is 26.4. The topological polar surface area (TPSA) is 108 Å². The van der Waals surface area contributed by atoms with Crippen LogP contribution in [0.4, 0.5) is 0 Å². The molecular formula is C28H26O8S. The van der Waals surface area contributed by atoms with Crippen LogP contribution in [0, 0.1) is 0 Å². The number of carbonyl (C=O) groups is 3. The van der Waals surface area contributed by atoms with Gasteiger partial charge < -0.3 is 24.1 Å². The number of esters is 3. The molecule has 4 rings (SSSR count). The highest BCUT2D eigenvalue weighted by Crippen LogP contribution is 2.32. The molecule has 37 heavy (non-hydrogen) atoms. The zero-order chi connectivity index (χ0) is 26.2. The van der Waals surface area contributed by atoms with E-state index in [4.69, 9.17) is 18.9 Å². The van der Waals surface area contributed by atoms with Gasteiger partial charge in [0.1, 0.15) is 6.10 Å². The van der Waals surface area contributed by atoms with Crippen molar-refractivity contribution >= 4 is 29.7 Å². The molecule has 0 bridgehead atoms. The number of hydrogen-bond acceptors (Lipinski definition) is 9. The first-order chi connectivity index (χ1) is 17.9. The Morgan fingerprint density at radius 1 is 0.730 bits per heavy atom. The minimum atomic E-state index is -1.64. The number of benzene rings is 3. The standard InChI is InChI=1S/C28H26O8S/c1-18(29)33-23-22(17-37-21-15-9-4-10-16-21)34-28(32)25(36-27(31)20-13-7-3-8-14-20)24(23)35-26(30)19-11-5-2-6-12-19/h2-16,22-25,28,32H,17H2,1H3/t22-,23-,24+,25-,28-/m1/s1. The summed E-state index contributed by atoms with van der Waals surface area (Å²) in [6, 6.07) is 25.8. The SMILES string of the molecule is CC(=O)O[C@H]1[C@H](OC(=O)c2ccccc2)[C@@H](OC(=O)c2ccccc2)[C@H](O)O[C@@H]1CSc1ccccc1. The smallest absolute Gasteiger partial charge is 0.338 e. The molecular weight excluding hydrogens is 496 g/mol. The van der Waals surface area contributed by atoms with Gasteiger partial charge in [-0.15, -0.1) is 11.8 Å². The van der Waals surface area contributed by atoms with Crippen LogP contribution in [0.5, 0.6) is 0 Å². The van der Waals surface area contributed by atoms with Gasteiger partial charge in [-0.3, -0.25) is 4.79 Å². The third kappa shape index (κ3) is 6.97. The Hall–Kier alpha value is -3.66. The molecule has 0 saturated carbocycles. The minimum absolute atomic E-state index is 0.230. The molecule has 0 radical (unpaired) electrons. The molecule has 1 aliphatic heterocycles. The van der Waals surface area contributed by atoms with Crippen LogP contribution >= 0.6 is 11.8 Å². The highest BCUT2D eigenvalue weighted by molar-refractivity contribution is 7.99. The molecule has 1 N–H and O–H groups in total. The van der Waals surface area contributed by atoms with Crippen LogP contribution in [-0.4, -0.2) is 59.5 Å². The number of aliphatic hydroxyl groups is 1. The fourth-order valence-electron chi connectivity index (χ4n) is 3.85. The van der Waals surface area contributed by atoms with Crippen LogP contribution in [0.3, 0.4) is 0 Å². The lowest BCUT2D eigenvalue weighted by Gasteiger charge is -2.43. The summed E-state index contributed by atoms with van der Waals surface area (Å²) in [6.45, 7) is 1.22. The Kier molecular flexibility index (Phi) is 8.95. The third-order valence-electron chi connectivity index (χ3n) is 5.57. The lowest BCUT2D eigenvalue weighted by Crippen LogP contribution is -2.62. The highest BCUT2D eigenvalue weighted by Gasteiger charge is 2.51. The average molecular weight is 523 g/mol. The molecule has 0 spiro atoms. The molecule has 3 aromatic carbocycles. The van der Waals surface area contributed by atoms with E-state index >= 15 is 0 Å². The second kappa shape index (κ2) is 12.5. The number of hydrogen-bond donors (Lipinski definition) is 1. The monoisotopic (exact) mass is 522 g/mol. The van der Waals surface area contributed by atoms with Gasteiger partial charge in [-0.2, -0.15) is 0 Å². The van der Waals surface area contributed by atoms with Crippen molar-refractivity contribution in [2.75, 3.05) is 5.75 Å². The second-order valence-corrected chi connectivity index (χ2v) is 9.33. The Morgan fingerprint density at radius 3 is 1.73 bits per heavy atom. The minimum Gasteiger partial charge on any atom is -0.456 e. The zero-order valence-corrected chi connectivity index (χ0v) is 20.8. The first-order valence-corrected chi connectivity index (χ1v) is 12.6. The summed E-state index contributed by atoms with van der Waals surface area (Å²) >= 11 is 1.41.